The molecule has 94 valence electrons. The topological polar surface area (TPSA) is 52.0 Å². The largest absolute Gasteiger partial charge is 0.367 e. The molecule has 0 spiro atoms. The van der Waals surface area contributed by atoms with Crippen molar-refractivity contribution >= 4 is 5.88 Å². The molecule has 0 fully saturated rings. The number of nitrogens with zero attached hydrogens (tertiary/aromatic N) is 1. The van der Waals surface area contributed by atoms with E-state index in [2.05, 4.69) is 18.1 Å². The van der Waals surface area contributed by atoms with Gasteiger partial charge in [-0.25, -0.2) is 0 Å². The van der Waals surface area contributed by atoms with Crippen LogP contribution >= 0.6 is 0 Å². The molecule has 1 aromatic heterocycles. The van der Waals surface area contributed by atoms with E-state index in [1.54, 1.807) is 0 Å². The number of anilines is 1. The van der Waals surface area contributed by atoms with Gasteiger partial charge in [-0.2, -0.15) is 0 Å². The maximum absolute atomic E-state index is 5.95. The van der Waals surface area contributed by atoms with Crippen LogP contribution in [-0.2, 0) is 0 Å². The fourth-order valence-corrected chi connectivity index (χ4v) is 2.21. The van der Waals surface area contributed by atoms with Crippen molar-refractivity contribution in [2.24, 2.45) is 0 Å². The van der Waals surface area contributed by atoms with Crippen LogP contribution in [0.4, 0.5) is 5.88 Å². The Hall–Kier alpha value is -2.55. The number of nitrogen functional groups attached to an aromatic ring is 1. The van der Waals surface area contributed by atoms with Crippen molar-refractivity contribution in [3.05, 3.63) is 60.2 Å². The van der Waals surface area contributed by atoms with Gasteiger partial charge in [-0.05, 0) is 18.1 Å². The zero-order valence-electron chi connectivity index (χ0n) is 10.6. The van der Waals surface area contributed by atoms with Gasteiger partial charge in [0.1, 0.15) is 5.69 Å². The molecule has 0 aliphatic carbocycles. The van der Waals surface area contributed by atoms with Crippen LogP contribution in [0, 0.1) is 6.92 Å². The van der Waals surface area contributed by atoms with E-state index in [1.165, 1.54) is 0 Å². The fourth-order valence-electron chi connectivity index (χ4n) is 2.21. The van der Waals surface area contributed by atoms with Gasteiger partial charge in [0.15, 0.2) is 0 Å². The first kappa shape index (κ1) is 11.5. The number of hydrogen-bond donors (Lipinski definition) is 1. The molecule has 2 N–H and O–H groups in total. The van der Waals surface area contributed by atoms with Gasteiger partial charge < -0.3 is 10.3 Å². The van der Waals surface area contributed by atoms with Crippen LogP contribution in [0.25, 0.3) is 22.4 Å². The van der Waals surface area contributed by atoms with Gasteiger partial charge in [-0.15, -0.1) is 0 Å². The highest BCUT2D eigenvalue weighted by Crippen LogP contribution is 2.37. The van der Waals surface area contributed by atoms with Crippen molar-refractivity contribution in [3.63, 3.8) is 0 Å². The SMILES string of the molecule is Cc1ccccc1-c1c(-c2ccccc2)noc1N. The number of benzene rings is 2. The van der Waals surface area contributed by atoms with Gasteiger partial charge in [0.05, 0.1) is 5.56 Å². The van der Waals surface area contributed by atoms with Crippen LogP contribution in [-0.4, -0.2) is 5.16 Å². The highest BCUT2D eigenvalue weighted by molar-refractivity contribution is 5.88. The van der Waals surface area contributed by atoms with Crippen molar-refractivity contribution in [3.8, 4) is 22.4 Å². The number of hydrogen-bond acceptors (Lipinski definition) is 3. The Kier molecular flexibility index (Phi) is 2.80. The summed E-state index contributed by atoms with van der Waals surface area (Å²) in [4.78, 5) is 0. The molecule has 0 unspecified atom stereocenters. The van der Waals surface area contributed by atoms with Crippen LogP contribution in [0.1, 0.15) is 5.56 Å². The lowest BCUT2D eigenvalue weighted by Crippen LogP contribution is -1.89. The molecule has 3 rings (SSSR count). The second-order valence-corrected chi connectivity index (χ2v) is 4.45. The highest BCUT2D eigenvalue weighted by Gasteiger charge is 2.18. The summed E-state index contributed by atoms with van der Waals surface area (Å²) >= 11 is 0. The van der Waals surface area contributed by atoms with Crippen molar-refractivity contribution in [1.82, 2.24) is 5.16 Å². The van der Waals surface area contributed by atoms with E-state index in [1.807, 2.05) is 48.5 Å². The average Bonchev–Trinajstić information content (AvgIpc) is 2.82. The summed E-state index contributed by atoms with van der Waals surface area (Å²) in [5, 5.41) is 4.10. The van der Waals surface area contributed by atoms with E-state index < -0.39 is 0 Å². The second-order valence-electron chi connectivity index (χ2n) is 4.45. The molecule has 3 aromatic rings. The predicted molar refractivity (Wildman–Crippen MR) is 76.5 cm³/mol. The van der Waals surface area contributed by atoms with E-state index >= 15 is 0 Å². The molecule has 2 aromatic carbocycles. The highest BCUT2D eigenvalue weighted by atomic mass is 16.5. The Bertz CT molecular complexity index is 702. The minimum Gasteiger partial charge on any atom is -0.367 e. The Morgan fingerprint density at radius 2 is 1.63 bits per heavy atom. The molecule has 0 saturated carbocycles. The van der Waals surface area contributed by atoms with E-state index in [9.17, 15) is 0 Å². The lowest BCUT2D eigenvalue weighted by molar-refractivity contribution is 0.439. The normalized spacial score (nSPS) is 10.6. The zero-order chi connectivity index (χ0) is 13.2. The molecular weight excluding hydrogens is 236 g/mol. The molecule has 0 radical (unpaired) electrons. The number of rotatable bonds is 2. The van der Waals surface area contributed by atoms with E-state index in [-0.39, 0.29) is 0 Å². The van der Waals surface area contributed by atoms with Crippen molar-refractivity contribution in [2.45, 2.75) is 6.92 Å². The van der Waals surface area contributed by atoms with Gasteiger partial charge in [0.25, 0.3) is 0 Å². The number of aryl methyl sites for hydroxylation is 1. The molecule has 19 heavy (non-hydrogen) atoms. The first-order valence-corrected chi connectivity index (χ1v) is 6.14. The summed E-state index contributed by atoms with van der Waals surface area (Å²) in [6, 6.07) is 18.0. The predicted octanol–water partition coefficient (Wildman–Crippen LogP) is 3.90. The Labute approximate surface area is 111 Å². The maximum Gasteiger partial charge on any atom is 0.230 e. The lowest BCUT2D eigenvalue weighted by atomic mass is 9.97. The van der Waals surface area contributed by atoms with Crippen molar-refractivity contribution in [2.75, 3.05) is 5.73 Å². The molecule has 0 bridgehead atoms. The maximum atomic E-state index is 5.95. The molecule has 3 nitrogen and oxygen atoms in total. The summed E-state index contributed by atoms with van der Waals surface area (Å²) in [5.41, 5.74) is 10.8. The fraction of sp³-hybridized carbons (Fsp3) is 0.0625. The van der Waals surface area contributed by atoms with Gasteiger partial charge in [-0.1, -0.05) is 59.8 Å². The smallest absolute Gasteiger partial charge is 0.230 e. The molecule has 0 aliphatic rings. The van der Waals surface area contributed by atoms with Crippen LogP contribution in [0.5, 0.6) is 0 Å². The summed E-state index contributed by atoms with van der Waals surface area (Å²) in [6.45, 7) is 2.05. The molecule has 3 heteroatoms. The summed E-state index contributed by atoms with van der Waals surface area (Å²) in [7, 11) is 0. The van der Waals surface area contributed by atoms with E-state index in [0.717, 1.165) is 27.9 Å². The minimum absolute atomic E-state index is 0.355. The third kappa shape index (κ3) is 1.99. The van der Waals surface area contributed by atoms with Gasteiger partial charge in [-0.3, -0.25) is 0 Å². The molecule has 0 aliphatic heterocycles. The van der Waals surface area contributed by atoms with Crippen LogP contribution in [0.3, 0.4) is 0 Å². The van der Waals surface area contributed by atoms with Crippen LogP contribution in [0.15, 0.2) is 59.1 Å². The standard InChI is InChI=1S/C16H14N2O/c1-11-7-5-6-10-13(11)14-15(18-19-16(14)17)12-8-3-2-4-9-12/h2-10H,17H2,1H3. The Morgan fingerprint density at radius 3 is 2.37 bits per heavy atom. The summed E-state index contributed by atoms with van der Waals surface area (Å²) < 4.78 is 5.19. The van der Waals surface area contributed by atoms with Crippen LogP contribution < -0.4 is 5.73 Å². The average molecular weight is 250 g/mol. The number of aromatic nitrogens is 1. The first-order valence-electron chi connectivity index (χ1n) is 6.14. The minimum atomic E-state index is 0.355. The van der Waals surface area contributed by atoms with Gasteiger partial charge >= 0.3 is 0 Å². The van der Waals surface area contributed by atoms with Gasteiger partial charge in [0.2, 0.25) is 5.88 Å². The third-order valence-electron chi connectivity index (χ3n) is 3.18. The zero-order valence-corrected chi connectivity index (χ0v) is 10.6. The van der Waals surface area contributed by atoms with Gasteiger partial charge in [0, 0.05) is 5.56 Å². The Balaban J connectivity index is 2.23. The third-order valence-corrected chi connectivity index (χ3v) is 3.18. The summed E-state index contributed by atoms with van der Waals surface area (Å²) in [6.07, 6.45) is 0. The quantitative estimate of drug-likeness (QED) is 0.750. The van der Waals surface area contributed by atoms with Crippen LogP contribution in [0.2, 0.25) is 0 Å². The molecular formula is C16H14N2O. The van der Waals surface area contributed by atoms with E-state index in [4.69, 9.17) is 10.3 Å². The first-order chi connectivity index (χ1) is 9.27. The lowest BCUT2D eigenvalue weighted by Gasteiger charge is -2.06. The molecule has 0 amide bonds. The second kappa shape index (κ2) is 4.61. The Morgan fingerprint density at radius 1 is 0.947 bits per heavy atom. The van der Waals surface area contributed by atoms with Crippen molar-refractivity contribution < 1.29 is 4.52 Å². The molecule has 1 heterocycles. The monoisotopic (exact) mass is 250 g/mol. The number of nitrogens with two attached hydrogens (primary N) is 1. The van der Waals surface area contributed by atoms with Crippen molar-refractivity contribution in [1.29, 1.82) is 0 Å². The van der Waals surface area contributed by atoms with E-state index in [0.29, 0.717) is 5.88 Å². The summed E-state index contributed by atoms with van der Waals surface area (Å²) in [5.74, 6) is 0.355. The molecule has 0 saturated heterocycles. The molecule has 0 atom stereocenters.